The van der Waals surface area contributed by atoms with Crippen LogP contribution in [0, 0.1) is 0 Å². The third kappa shape index (κ3) is 13.8. The van der Waals surface area contributed by atoms with Crippen LogP contribution in [-0.4, -0.2) is 143 Å². The number of hydrogen-bond acceptors (Lipinski definition) is 13. The fourth-order valence-corrected chi connectivity index (χ4v) is 5.28. The van der Waals surface area contributed by atoms with Gasteiger partial charge in [0.2, 0.25) is 0 Å². The van der Waals surface area contributed by atoms with Crippen molar-refractivity contribution in [1.82, 2.24) is 0 Å². The first-order valence-electron chi connectivity index (χ1n) is 16.2. The van der Waals surface area contributed by atoms with E-state index in [1.165, 1.54) is 70.6 Å². The van der Waals surface area contributed by atoms with Crippen molar-refractivity contribution in [3.63, 3.8) is 0 Å². The summed E-state index contributed by atoms with van der Waals surface area (Å²) in [6.45, 7) is 2.74. The second-order valence-corrected chi connectivity index (χ2v) is 11.5. The summed E-state index contributed by atoms with van der Waals surface area (Å²) >= 11 is 0. The molecule has 0 bridgehead atoms. The van der Waals surface area contributed by atoms with Crippen LogP contribution >= 0.6 is 0 Å². The monoisotopic (exact) mass is 626 g/mol. The maximum atomic E-state index is 10.6. The van der Waals surface area contributed by atoms with Crippen molar-refractivity contribution in [3.05, 3.63) is 0 Å². The van der Waals surface area contributed by atoms with Crippen LogP contribution in [0.1, 0.15) is 84.0 Å². The summed E-state index contributed by atoms with van der Waals surface area (Å²) < 4.78 is 33.0. The summed E-state index contributed by atoms with van der Waals surface area (Å²) in [5.41, 5.74) is 0. The Morgan fingerprint density at radius 1 is 0.488 bits per heavy atom. The second kappa shape index (κ2) is 22.9. The fourth-order valence-electron chi connectivity index (χ4n) is 5.28. The van der Waals surface area contributed by atoms with Gasteiger partial charge in [0.15, 0.2) is 12.6 Å². The molecular weight excluding hydrogens is 568 g/mol. The van der Waals surface area contributed by atoms with Gasteiger partial charge in [0.1, 0.15) is 48.8 Å². The van der Waals surface area contributed by atoms with Crippen LogP contribution in [0.5, 0.6) is 0 Å². The van der Waals surface area contributed by atoms with Crippen molar-refractivity contribution in [2.45, 2.75) is 145 Å². The molecular formula is C30H58O13. The highest BCUT2D eigenvalue weighted by Crippen LogP contribution is 2.29. The quantitative estimate of drug-likeness (QED) is 0.0726. The van der Waals surface area contributed by atoms with Gasteiger partial charge in [-0.3, -0.25) is 0 Å². The Morgan fingerprint density at radius 3 is 1.56 bits per heavy atom. The van der Waals surface area contributed by atoms with Gasteiger partial charge >= 0.3 is 0 Å². The Bertz CT molecular complexity index is 670. The molecule has 0 radical (unpaired) electrons. The molecule has 2 aliphatic rings. The molecule has 0 saturated carbocycles. The lowest BCUT2D eigenvalue weighted by Crippen LogP contribution is -2.64. The molecule has 0 aromatic rings. The summed E-state index contributed by atoms with van der Waals surface area (Å²) in [5.74, 6) is 0. The highest BCUT2D eigenvalue weighted by Gasteiger charge is 2.50. The van der Waals surface area contributed by atoms with E-state index < -0.39 is 74.6 Å². The highest BCUT2D eigenvalue weighted by molar-refractivity contribution is 4.94. The molecule has 2 heterocycles. The Balaban J connectivity index is 1.52. The molecule has 2 aliphatic heterocycles. The molecule has 0 aromatic heterocycles. The molecule has 2 rings (SSSR count). The van der Waals surface area contributed by atoms with Crippen molar-refractivity contribution in [2.75, 3.05) is 46.2 Å². The summed E-state index contributed by atoms with van der Waals surface area (Å²) in [5, 5.41) is 70.4. The normalized spacial score (nSPS) is 33.2. The predicted molar refractivity (Wildman–Crippen MR) is 155 cm³/mol. The molecule has 2 fully saturated rings. The molecule has 10 atom stereocenters. The maximum Gasteiger partial charge on any atom is 0.187 e. The summed E-state index contributed by atoms with van der Waals surface area (Å²) in [4.78, 5) is 0. The van der Waals surface area contributed by atoms with Gasteiger partial charge < -0.3 is 64.2 Å². The van der Waals surface area contributed by atoms with Gasteiger partial charge in [-0.1, -0.05) is 77.6 Å². The Morgan fingerprint density at radius 2 is 0.977 bits per heavy atom. The Hall–Kier alpha value is -0.520. The van der Waals surface area contributed by atoms with Gasteiger partial charge in [-0.2, -0.15) is 0 Å². The van der Waals surface area contributed by atoms with Crippen LogP contribution in [0.4, 0.5) is 0 Å². The van der Waals surface area contributed by atoms with E-state index >= 15 is 0 Å². The van der Waals surface area contributed by atoms with E-state index in [4.69, 9.17) is 28.4 Å². The molecule has 13 nitrogen and oxygen atoms in total. The number of rotatable bonds is 24. The lowest BCUT2D eigenvalue weighted by atomic mass is 9.97. The second-order valence-electron chi connectivity index (χ2n) is 11.5. The van der Waals surface area contributed by atoms with E-state index in [9.17, 15) is 35.7 Å². The summed E-state index contributed by atoms with van der Waals surface area (Å²) in [7, 11) is 0. The van der Waals surface area contributed by atoms with Gasteiger partial charge in [-0.15, -0.1) is 0 Å². The van der Waals surface area contributed by atoms with E-state index in [-0.39, 0.29) is 13.2 Å². The average molecular weight is 627 g/mol. The molecule has 7 N–H and O–H groups in total. The van der Waals surface area contributed by atoms with E-state index in [1.54, 1.807) is 0 Å². The van der Waals surface area contributed by atoms with Gasteiger partial charge in [0, 0.05) is 6.61 Å². The van der Waals surface area contributed by atoms with E-state index in [0.29, 0.717) is 19.8 Å². The molecule has 0 aliphatic carbocycles. The highest BCUT2D eigenvalue weighted by atomic mass is 16.7. The molecule has 43 heavy (non-hydrogen) atoms. The third-order valence-corrected chi connectivity index (χ3v) is 7.98. The number of aliphatic hydroxyl groups is 7. The molecule has 0 amide bonds. The van der Waals surface area contributed by atoms with Crippen molar-refractivity contribution >= 4 is 0 Å². The molecule has 2 saturated heterocycles. The molecule has 256 valence electrons. The number of hydrogen-bond donors (Lipinski definition) is 7. The van der Waals surface area contributed by atoms with Gasteiger partial charge in [-0.05, 0) is 6.42 Å². The fraction of sp³-hybridized carbons (Fsp3) is 1.00. The van der Waals surface area contributed by atoms with Crippen LogP contribution in [0.2, 0.25) is 0 Å². The van der Waals surface area contributed by atoms with Crippen molar-refractivity contribution in [2.24, 2.45) is 0 Å². The van der Waals surface area contributed by atoms with E-state index in [1.807, 2.05) is 0 Å². The van der Waals surface area contributed by atoms with Crippen molar-refractivity contribution in [1.29, 1.82) is 0 Å². The van der Waals surface area contributed by atoms with Gasteiger partial charge in [0.25, 0.3) is 0 Å². The predicted octanol–water partition coefficient (Wildman–Crippen LogP) is 0.361. The number of ether oxygens (including phenoxy) is 6. The minimum Gasteiger partial charge on any atom is -0.394 e. The molecule has 0 aromatic carbocycles. The average Bonchev–Trinajstić information content (AvgIpc) is 3.01. The smallest absolute Gasteiger partial charge is 0.187 e. The Labute approximate surface area is 256 Å². The van der Waals surface area contributed by atoms with E-state index in [2.05, 4.69) is 6.92 Å². The first-order valence-corrected chi connectivity index (χ1v) is 16.2. The first kappa shape index (κ1) is 38.7. The standard InChI is InChI=1S/C30H58O13/c1-2-3-4-5-6-7-8-9-10-11-12-13-14-38-15-16-39-17-18-40-29-27(37)25(35)28(22(20-32)42-29)43-30-26(36)24(34)23(33)21(19-31)41-30/h21-37H,2-20H2,1H3/t21-,22-,23+,24+,25-,26-,27-,28-,29+,30+/m1/s1. The van der Waals surface area contributed by atoms with Crippen LogP contribution in [0.15, 0.2) is 0 Å². The first-order chi connectivity index (χ1) is 20.8. The van der Waals surface area contributed by atoms with Crippen molar-refractivity contribution < 1.29 is 64.2 Å². The van der Waals surface area contributed by atoms with Crippen LogP contribution in [0.25, 0.3) is 0 Å². The largest absolute Gasteiger partial charge is 0.394 e. The lowest BCUT2D eigenvalue weighted by molar-refractivity contribution is -0.359. The van der Waals surface area contributed by atoms with Crippen LogP contribution in [-0.2, 0) is 28.4 Å². The SMILES string of the molecule is CCCCCCCCCCCCCCOCCOCCO[C@H]1O[C@H](CO)[C@@H](O[C@@H]2O[C@H](CO)[C@H](O)[C@H](O)[C@H]2O)[C@H](O)[C@H]1O. The maximum absolute atomic E-state index is 10.6. The zero-order chi connectivity index (χ0) is 31.5. The molecule has 0 spiro atoms. The molecule has 13 heteroatoms. The van der Waals surface area contributed by atoms with Crippen molar-refractivity contribution in [3.8, 4) is 0 Å². The lowest BCUT2D eigenvalue weighted by Gasteiger charge is -2.45. The van der Waals surface area contributed by atoms with Crippen LogP contribution in [0.3, 0.4) is 0 Å². The summed E-state index contributed by atoms with van der Waals surface area (Å²) in [6, 6.07) is 0. The minimum absolute atomic E-state index is 0.0452. The van der Waals surface area contributed by atoms with Crippen LogP contribution < -0.4 is 0 Å². The number of aliphatic hydroxyl groups excluding tert-OH is 7. The Kier molecular flexibility index (Phi) is 20.6. The zero-order valence-electron chi connectivity index (χ0n) is 25.8. The van der Waals surface area contributed by atoms with E-state index in [0.717, 1.165) is 6.42 Å². The summed E-state index contributed by atoms with van der Waals surface area (Å²) in [6.07, 6.45) is 0.751. The molecule has 0 unspecified atom stereocenters. The minimum atomic E-state index is -1.72. The van der Waals surface area contributed by atoms with Gasteiger partial charge in [0.05, 0.1) is 39.6 Å². The zero-order valence-corrected chi connectivity index (χ0v) is 25.8. The third-order valence-electron chi connectivity index (χ3n) is 7.98. The topological polar surface area (TPSA) is 197 Å². The number of unbranched alkanes of at least 4 members (excludes halogenated alkanes) is 11. The van der Waals surface area contributed by atoms with Gasteiger partial charge in [-0.25, -0.2) is 0 Å².